The van der Waals surface area contributed by atoms with Crippen molar-refractivity contribution in [3.8, 4) is 0 Å². The Morgan fingerprint density at radius 1 is 1.40 bits per heavy atom. The molecule has 20 heavy (non-hydrogen) atoms. The molecule has 1 aromatic carbocycles. The van der Waals surface area contributed by atoms with Crippen LogP contribution in [-0.2, 0) is 10.0 Å². The lowest BCUT2D eigenvalue weighted by atomic mass is 10.2. The number of aryl methyl sites for hydroxylation is 1. The molecule has 0 saturated heterocycles. The van der Waals surface area contributed by atoms with Crippen LogP contribution in [0, 0.1) is 12.7 Å². The Bertz CT molecular complexity index is 769. The maximum atomic E-state index is 13.6. The largest absolute Gasteiger partial charge is 0.478 e. The summed E-state index contributed by atoms with van der Waals surface area (Å²) < 4.78 is 44.2. The van der Waals surface area contributed by atoms with Gasteiger partial charge in [-0.2, -0.15) is 0 Å². The van der Waals surface area contributed by atoms with Crippen molar-refractivity contribution in [3.05, 3.63) is 41.4 Å². The zero-order chi connectivity index (χ0) is 14.9. The van der Waals surface area contributed by atoms with E-state index >= 15 is 0 Å². The molecular formula is C11H9FN2O5S. The molecule has 9 heteroatoms. The van der Waals surface area contributed by atoms with E-state index in [0.717, 1.165) is 18.2 Å². The number of carboxylic acid groups (broad SMARTS) is 1. The minimum atomic E-state index is -4.30. The minimum absolute atomic E-state index is 0.123. The summed E-state index contributed by atoms with van der Waals surface area (Å²) in [7, 11) is -4.30. The average molecular weight is 300 g/mol. The molecule has 1 aromatic heterocycles. The second-order valence-electron chi connectivity index (χ2n) is 3.88. The Morgan fingerprint density at radius 3 is 2.65 bits per heavy atom. The summed E-state index contributed by atoms with van der Waals surface area (Å²) in [6.07, 6.45) is 0. The van der Waals surface area contributed by atoms with Crippen molar-refractivity contribution in [1.82, 2.24) is 5.16 Å². The van der Waals surface area contributed by atoms with Crippen molar-refractivity contribution in [2.24, 2.45) is 0 Å². The van der Waals surface area contributed by atoms with Gasteiger partial charge in [-0.25, -0.2) is 17.6 Å². The molecule has 0 unspecified atom stereocenters. The summed E-state index contributed by atoms with van der Waals surface area (Å²) >= 11 is 0. The molecule has 0 bridgehead atoms. The zero-order valence-corrected chi connectivity index (χ0v) is 10.9. The van der Waals surface area contributed by atoms with Gasteiger partial charge in [0.05, 0.1) is 5.56 Å². The Balaban J connectivity index is 2.43. The third kappa shape index (κ3) is 2.77. The van der Waals surface area contributed by atoms with Gasteiger partial charge in [-0.05, 0) is 25.1 Å². The highest BCUT2D eigenvalue weighted by atomic mass is 32.2. The molecule has 2 rings (SSSR count). The fraction of sp³-hybridized carbons (Fsp3) is 0.0909. The maximum absolute atomic E-state index is 13.6. The zero-order valence-electron chi connectivity index (χ0n) is 10.1. The lowest BCUT2D eigenvalue weighted by molar-refractivity contribution is 0.0696. The fourth-order valence-corrected chi connectivity index (χ4v) is 2.54. The molecular weight excluding hydrogens is 291 g/mol. The number of aromatic carboxylic acids is 1. The molecule has 106 valence electrons. The molecule has 7 nitrogen and oxygen atoms in total. The third-order valence-corrected chi connectivity index (χ3v) is 3.70. The van der Waals surface area contributed by atoms with Gasteiger partial charge in [-0.3, -0.25) is 4.72 Å². The van der Waals surface area contributed by atoms with E-state index in [-0.39, 0.29) is 11.4 Å². The molecule has 0 radical (unpaired) electrons. The summed E-state index contributed by atoms with van der Waals surface area (Å²) in [6.45, 7) is 1.55. The predicted molar refractivity (Wildman–Crippen MR) is 65.4 cm³/mol. The van der Waals surface area contributed by atoms with Crippen molar-refractivity contribution in [2.75, 3.05) is 4.72 Å². The van der Waals surface area contributed by atoms with Crippen LogP contribution in [0.5, 0.6) is 0 Å². The highest BCUT2D eigenvalue weighted by Crippen LogP contribution is 2.20. The van der Waals surface area contributed by atoms with Gasteiger partial charge in [0.15, 0.2) is 5.82 Å². The number of sulfonamides is 1. The van der Waals surface area contributed by atoms with E-state index in [2.05, 4.69) is 9.68 Å². The number of carboxylic acids is 1. The summed E-state index contributed by atoms with van der Waals surface area (Å²) in [4.78, 5) is 10.0. The Kier molecular flexibility index (Phi) is 3.45. The molecule has 0 saturated carbocycles. The van der Waals surface area contributed by atoms with Crippen LogP contribution in [0.1, 0.15) is 16.1 Å². The van der Waals surface area contributed by atoms with Gasteiger partial charge in [-0.1, -0.05) is 5.16 Å². The third-order valence-electron chi connectivity index (χ3n) is 2.33. The van der Waals surface area contributed by atoms with Crippen LogP contribution >= 0.6 is 0 Å². The van der Waals surface area contributed by atoms with Gasteiger partial charge >= 0.3 is 5.97 Å². The van der Waals surface area contributed by atoms with Crippen LogP contribution in [0.15, 0.2) is 33.7 Å². The van der Waals surface area contributed by atoms with Crippen LogP contribution in [0.4, 0.5) is 10.2 Å². The molecule has 0 amide bonds. The molecule has 0 aliphatic rings. The lowest BCUT2D eigenvalue weighted by Crippen LogP contribution is -2.15. The van der Waals surface area contributed by atoms with Crippen molar-refractivity contribution in [3.63, 3.8) is 0 Å². The van der Waals surface area contributed by atoms with Gasteiger partial charge in [0.2, 0.25) is 0 Å². The molecule has 2 aromatic rings. The molecule has 0 spiro atoms. The number of hydrogen-bond acceptors (Lipinski definition) is 5. The van der Waals surface area contributed by atoms with Crippen molar-refractivity contribution in [1.29, 1.82) is 0 Å². The van der Waals surface area contributed by atoms with Crippen LogP contribution in [0.3, 0.4) is 0 Å². The van der Waals surface area contributed by atoms with E-state index in [1.807, 2.05) is 4.72 Å². The minimum Gasteiger partial charge on any atom is -0.478 e. The van der Waals surface area contributed by atoms with Crippen molar-refractivity contribution < 1.29 is 27.2 Å². The molecule has 0 fully saturated rings. The predicted octanol–water partition coefficient (Wildman–Crippen LogP) is 1.62. The van der Waals surface area contributed by atoms with E-state index in [1.54, 1.807) is 6.92 Å². The van der Waals surface area contributed by atoms with Crippen LogP contribution in [0.25, 0.3) is 0 Å². The topological polar surface area (TPSA) is 110 Å². The van der Waals surface area contributed by atoms with E-state index < -0.39 is 26.7 Å². The highest BCUT2D eigenvalue weighted by molar-refractivity contribution is 7.92. The summed E-state index contributed by atoms with van der Waals surface area (Å²) in [5.74, 6) is -2.19. The smallest absolute Gasteiger partial charge is 0.335 e. The highest BCUT2D eigenvalue weighted by Gasteiger charge is 2.22. The molecule has 2 N–H and O–H groups in total. The second kappa shape index (κ2) is 4.93. The molecule has 0 aliphatic heterocycles. The second-order valence-corrected chi connectivity index (χ2v) is 5.53. The summed E-state index contributed by atoms with van der Waals surface area (Å²) in [5.41, 5.74) is -0.344. The number of nitrogens with zero attached hydrogens (tertiary/aromatic N) is 1. The SMILES string of the molecule is Cc1cc(NS(=O)(=O)c2cc(C(=O)O)ccc2F)no1. The number of carbonyl (C=O) groups is 1. The monoisotopic (exact) mass is 300 g/mol. The van der Waals surface area contributed by atoms with Gasteiger partial charge < -0.3 is 9.63 Å². The molecule has 0 atom stereocenters. The number of anilines is 1. The van der Waals surface area contributed by atoms with Crippen LogP contribution < -0.4 is 4.72 Å². The standard InChI is InChI=1S/C11H9FN2O5S/c1-6-4-10(13-19-6)14-20(17,18)9-5-7(11(15)16)2-3-8(9)12/h2-5H,1H3,(H,13,14)(H,15,16). The lowest BCUT2D eigenvalue weighted by Gasteiger charge is -2.06. The number of aromatic nitrogens is 1. The summed E-state index contributed by atoms with van der Waals surface area (Å²) in [6, 6.07) is 3.77. The van der Waals surface area contributed by atoms with Crippen molar-refractivity contribution >= 4 is 21.8 Å². The van der Waals surface area contributed by atoms with Gasteiger partial charge in [-0.15, -0.1) is 0 Å². The first kappa shape index (κ1) is 14.0. The van der Waals surface area contributed by atoms with E-state index in [9.17, 15) is 17.6 Å². The quantitative estimate of drug-likeness (QED) is 0.888. The first-order valence-corrected chi connectivity index (χ1v) is 6.77. The fourth-order valence-electron chi connectivity index (χ4n) is 1.45. The van der Waals surface area contributed by atoms with Gasteiger partial charge in [0, 0.05) is 6.07 Å². The van der Waals surface area contributed by atoms with E-state index in [0.29, 0.717) is 5.76 Å². The summed E-state index contributed by atoms with van der Waals surface area (Å²) in [5, 5.41) is 12.2. The number of halogens is 1. The number of benzene rings is 1. The normalized spacial score (nSPS) is 11.3. The number of nitrogens with one attached hydrogen (secondary N) is 1. The number of rotatable bonds is 4. The van der Waals surface area contributed by atoms with Crippen LogP contribution in [-0.4, -0.2) is 24.7 Å². The first-order valence-electron chi connectivity index (χ1n) is 5.28. The Morgan fingerprint density at radius 2 is 2.10 bits per heavy atom. The molecule has 0 aliphatic carbocycles. The van der Waals surface area contributed by atoms with Crippen molar-refractivity contribution in [2.45, 2.75) is 11.8 Å². The van der Waals surface area contributed by atoms with E-state index in [4.69, 9.17) is 5.11 Å². The van der Waals surface area contributed by atoms with E-state index in [1.165, 1.54) is 6.07 Å². The maximum Gasteiger partial charge on any atom is 0.335 e. The average Bonchev–Trinajstić information content (AvgIpc) is 2.73. The Hall–Kier alpha value is -2.42. The van der Waals surface area contributed by atoms with Gasteiger partial charge in [0.25, 0.3) is 10.0 Å². The Labute approximate surface area is 113 Å². The van der Waals surface area contributed by atoms with Gasteiger partial charge in [0.1, 0.15) is 16.5 Å². The molecule has 1 heterocycles. The first-order chi connectivity index (χ1) is 9.29. The van der Waals surface area contributed by atoms with Crippen LogP contribution in [0.2, 0.25) is 0 Å². The number of hydrogen-bond donors (Lipinski definition) is 2.